The summed E-state index contributed by atoms with van der Waals surface area (Å²) in [6, 6.07) is 0. The van der Waals surface area contributed by atoms with Crippen LogP contribution in [0.15, 0.2) is 18.3 Å². The lowest BCUT2D eigenvalue weighted by atomic mass is 9.88. The van der Waals surface area contributed by atoms with Crippen LogP contribution in [0.5, 0.6) is 0 Å². The summed E-state index contributed by atoms with van der Waals surface area (Å²) >= 11 is 0. The number of rotatable bonds is 4. The zero-order chi connectivity index (χ0) is 11.4. The molecule has 0 amide bonds. The molecular formula is C12H19N3O. The second-order valence-electron chi connectivity index (χ2n) is 4.37. The Bertz CT molecular complexity index is 359. The lowest BCUT2D eigenvalue weighted by Gasteiger charge is -2.23. The van der Waals surface area contributed by atoms with Gasteiger partial charge in [0.15, 0.2) is 0 Å². The lowest BCUT2D eigenvalue weighted by molar-refractivity contribution is 0.0933. The second kappa shape index (κ2) is 5.25. The third-order valence-corrected chi connectivity index (χ3v) is 3.14. The summed E-state index contributed by atoms with van der Waals surface area (Å²) < 4.78 is 1.82. The molecule has 0 aliphatic heterocycles. The Kier molecular flexibility index (Phi) is 3.72. The SMILES string of the molecule is CCCn1nncc1C(O)C1CC=CCC1. The van der Waals surface area contributed by atoms with E-state index < -0.39 is 6.10 Å². The third-order valence-electron chi connectivity index (χ3n) is 3.14. The molecule has 0 aromatic carbocycles. The Labute approximate surface area is 96.0 Å². The summed E-state index contributed by atoms with van der Waals surface area (Å²) in [5.41, 5.74) is 0.863. The fourth-order valence-corrected chi connectivity index (χ4v) is 2.23. The molecule has 1 aromatic rings. The van der Waals surface area contributed by atoms with Gasteiger partial charge in [-0.1, -0.05) is 24.3 Å². The number of aryl methyl sites for hydroxylation is 1. The van der Waals surface area contributed by atoms with Gasteiger partial charge in [-0.2, -0.15) is 0 Å². The Morgan fingerprint density at radius 3 is 3.12 bits per heavy atom. The first kappa shape index (κ1) is 11.3. The highest BCUT2D eigenvalue weighted by atomic mass is 16.3. The van der Waals surface area contributed by atoms with Crippen molar-refractivity contribution in [1.29, 1.82) is 0 Å². The molecule has 4 nitrogen and oxygen atoms in total. The van der Waals surface area contributed by atoms with E-state index in [9.17, 15) is 5.11 Å². The van der Waals surface area contributed by atoms with Gasteiger partial charge in [0.25, 0.3) is 0 Å². The van der Waals surface area contributed by atoms with Gasteiger partial charge in [0.05, 0.1) is 11.9 Å². The van der Waals surface area contributed by atoms with Crippen LogP contribution >= 0.6 is 0 Å². The zero-order valence-electron chi connectivity index (χ0n) is 9.71. The van der Waals surface area contributed by atoms with Crippen LogP contribution in [-0.2, 0) is 6.54 Å². The summed E-state index contributed by atoms with van der Waals surface area (Å²) in [5.74, 6) is 0.319. The molecule has 0 spiro atoms. The Morgan fingerprint density at radius 1 is 1.56 bits per heavy atom. The van der Waals surface area contributed by atoms with Crippen molar-refractivity contribution in [3.8, 4) is 0 Å². The van der Waals surface area contributed by atoms with Gasteiger partial charge in [-0.3, -0.25) is 0 Å². The summed E-state index contributed by atoms with van der Waals surface area (Å²) in [4.78, 5) is 0. The fourth-order valence-electron chi connectivity index (χ4n) is 2.23. The molecule has 0 saturated heterocycles. The maximum Gasteiger partial charge on any atom is 0.100 e. The predicted octanol–water partition coefficient (Wildman–Crippen LogP) is 2.08. The van der Waals surface area contributed by atoms with Crippen LogP contribution in [0.2, 0.25) is 0 Å². The molecule has 2 rings (SSSR count). The number of allylic oxidation sites excluding steroid dienone is 2. The van der Waals surface area contributed by atoms with E-state index in [2.05, 4.69) is 29.4 Å². The van der Waals surface area contributed by atoms with Gasteiger partial charge in [-0.05, 0) is 31.6 Å². The largest absolute Gasteiger partial charge is 0.386 e. The highest BCUT2D eigenvalue weighted by Gasteiger charge is 2.24. The molecule has 2 unspecified atom stereocenters. The zero-order valence-corrected chi connectivity index (χ0v) is 9.71. The minimum atomic E-state index is -0.425. The molecule has 1 N–H and O–H groups in total. The van der Waals surface area contributed by atoms with Gasteiger partial charge in [-0.15, -0.1) is 5.10 Å². The third kappa shape index (κ3) is 2.32. The molecule has 2 atom stereocenters. The molecule has 0 bridgehead atoms. The minimum absolute atomic E-state index is 0.319. The van der Waals surface area contributed by atoms with Crippen LogP contribution in [-0.4, -0.2) is 20.1 Å². The minimum Gasteiger partial charge on any atom is -0.386 e. The van der Waals surface area contributed by atoms with Crippen LogP contribution < -0.4 is 0 Å². The molecule has 16 heavy (non-hydrogen) atoms. The van der Waals surface area contributed by atoms with Gasteiger partial charge in [0, 0.05) is 6.54 Å². The molecule has 4 heteroatoms. The number of aliphatic hydroxyl groups excluding tert-OH is 1. The summed E-state index contributed by atoms with van der Waals surface area (Å²) in [6.45, 7) is 2.93. The normalized spacial score (nSPS) is 22.2. The maximum atomic E-state index is 10.3. The topological polar surface area (TPSA) is 50.9 Å². The molecule has 1 aliphatic carbocycles. The smallest absolute Gasteiger partial charge is 0.100 e. The van der Waals surface area contributed by atoms with Crippen molar-refractivity contribution < 1.29 is 5.11 Å². The average molecular weight is 221 g/mol. The number of hydrogen-bond donors (Lipinski definition) is 1. The lowest BCUT2D eigenvalue weighted by Crippen LogP contribution is -2.18. The fraction of sp³-hybridized carbons (Fsp3) is 0.667. The van der Waals surface area contributed by atoms with Crippen LogP contribution in [0.1, 0.15) is 44.4 Å². The highest BCUT2D eigenvalue weighted by Crippen LogP contribution is 2.30. The molecule has 0 fully saturated rings. The quantitative estimate of drug-likeness (QED) is 0.792. The van der Waals surface area contributed by atoms with Crippen molar-refractivity contribution in [2.45, 2.75) is 45.3 Å². The first-order valence-electron chi connectivity index (χ1n) is 6.04. The molecule has 1 aliphatic rings. The van der Waals surface area contributed by atoms with Crippen molar-refractivity contribution in [3.63, 3.8) is 0 Å². The molecule has 0 saturated carbocycles. The van der Waals surface area contributed by atoms with Gasteiger partial charge in [0.1, 0.15) is 6.10 Å². The van der Waals surface area contributed by atoms with E-state index in [1.54, 1.807) is 6.20 Å². The van der Waals surface area contributed by atoms with Crippen molar-refractivity contribution in [2.75, 3.05) is 0 Å². The number of nitrogens with zero attached hydrogens (tertiary/aromatic N) is 3. The number of hydrogen-bond acceptors (Lipinski definition) is 3. The highest BCUT2D eigenvalue weighted by molar-refractivity contribution is 5.04. The van der Waals surface area contributed by atoms with Crippen molar-refractivity contribution in [2.24, 2.45) is 5.92 Å². The van der Waals surface area contributed by atoms with Gasteiger partial charge in [-0.25, -0.2) is 4.68 Å². The number of aromatic nitrogens is 3. The van der Waals surface area contributed by atoms with Gasteiger partial charge in [0.2, 0.25) is 0 Å². The molecule has 88 valence electrons. The second-order valence-corrected chi connectivity index (χ2v) is 4.37. The first-order chi connectivity index (χ1) is 7.83. The van der Waals surface area contributed by atoms with Crippen molar-refractivity contribution in [1.82, 2.24) is 15.0 Å². The van der Waals surface area contributed by atoms with E-state index in [4.69, 9.17) is 0 Å². The standard InChI is InChI=1S/C12H19N3O/c1-2-8-15-11(9-13-14-15)12(16)10-6-4-3-5-7-10/h3-4,9-10,12,16H,2,5-8H2,1H3. The molecule has 1 aromatic heterocycles. The van der Waals surface area contributed by atoms with E-state index in [-0.39, 0.29) is 0 Å². The van der Waals surface area contributed by atoms with E-state index in [1.165, 1.54) is 0 Å². The van der Waals surface area contributed by atoms with E-state index in [0.717, 1.165) is 37.9 Å². The Hall–Kier alpha value is -1.16. The van der Waals surface area contributed by atoms with Crippen molar-refractivity contribution >= 4 is 0 Å². The van der Waals surface area contributed by atoms with E-state index in [1.807, 2.05) is 4.68 Å². The predicted molar refractivity (Wildman–Crippen MR) is 61.8 cm³/mol. The Morgan fingerprint density at radius 2 is 2.44 bits per heavy atom. The summed E-state index contributed by atoms with van der Waals surface area (Å²) in [7, 11) is 0. The molecule has 1 heterocycles. The average Bonchev–Trinajstić information content (AvgIpc) is 2.78. The van der Waals surface area contributed by atoms with Gasteiger partial charge < -0.3 is 5.11 Å². The van der Waals surface area contributed by atoms with Crippen LogP contribution in [0, 0.1) is 5.92 Å². The van der Waals surface area contributed by atoms with E-state index in [0.29, 0.717) is 5.92 Å². The maximum absolute atomic E-state index is 10.3. The molecular weight excluding hydrogens is 202 g/mol. The van der Waals surface area contributed by atoms with Gasteiger partial charge >= 0.3 is 0 Å². The van der Waals surface area contributed by atoms with Crippen LogP contribution in [0.3, 0.4) is 0 Å². The monoisotopic (exact) mass is 221 g/mol. The molecule has 0 radical (unpaired) electrons. The van der Waals surface area contributed by atoms with Crippen LogP contribution in [0.25, 0.3) is 0 Å². The first-order valence-corrected chi connectivity index (χ1v) is 6.04. The number of aliphatic hydroxyl groups is 1. The van der Waals surface area contributed by atoms with Crippen molar-refractivity contribution in [3.05, 3.63) is 24.0 Å². The summed E-state index contributed by atoms with van der Waals surface area (Å²) in [5, 5.41) is 18.2. The Balaban J connectivity index is 2.09. The van der Waals surface area contributed by atoms with Crippen LogP contribution in [0.4, 0.5) is 0 Å². The van der Waals surface area contributed by atoms with E-state index >= 15 is 0 Å². The summed E-state index contributed by atoms with van der Waals surface area (Å²) in [6.07, 6.45) is 9.69.